The van der Waals surface area contributed by atoms with Crippen LogP contribution in [0.5, 0.6) is 0 Å². The number of para-hydroxylation sites is 1. The smallest absolute Gasteiger partial charge is 0.361 e. The molecule has 0 bridgehead atoms. The Balaban J connectivity index is 1.36. The molecule has 1 atom stereocenters. The predicted octanol–water partition coefficient (Wildman–Crippen LogP) is 6.86. The monoisotopic (exact) mass is 719 g/mol. The largest absolute Gasteiger partial charge is 0.417 e. The van der Waals surface area contributed by atoms with Crippen LogP contribution < -0.4 is 5.32 Å². The molecule has 1 aromatic heterocycles. The van der Waals surface area contributed by atoms with Crippen molar-refractivity contribution in [3.8, 4) is 0 Å². The van der Waals surface area contributed by atoms with Crippen LogP contribution in [0.2, 0.25) is 0 Å². The Labute approximate surface area is 282 Å². The van der Waals surface area contributed by atoms with Crippen LogP contribution in [-0.4, -0.2) is 83.4 Å². The van der Waals surface area contributed by atoms with Gasteiger partial charge >= 0.3 is 18.5 Å². The van der Waals surface area contributed by atoms with Gasteiger partial charge < -0.3 is 15.2 Å². The summed E-state index contributed by atoms with van der Waals surface area (Å²) in [7, 11) is 1.10. The zero-order valence-electron chi connectivity index (χ0n) is 27.2. The van der Waals surface area contributed by atoms with Gasteiger partial charge in [-0.2, -0.15) is 39.5 Å². The molecule has 3 aromatic rings. The van der Waals surface area contributed by atoms with Gasteiger partial charge in [0.1, 0.15) is 6.04 Å². The van der Waals surface area contributed by atoms with Crippen molar-refractivity contribution in [2.45, 2.75) is 75.7 Å². The highest BCUT2D eigenvalue weighted by atomic mass is 19.4. The van der Waals surface area contributed by atoms with Crippen molar-refractivity contribution in [1.29, 1.82) is 0 Å². The Kier molecular flexibility index (Phi) is 11.1. The number of likely N-dealkylation sites (N-methyl/N-ethyl adjacent to an activating group) is 1. The van der Waals surface area contributed by atoms with E-state index >= 15 is 0 Å². The molecule has 1 unspecified atom stereocenters. The van der Waals surface area contributed by atoms with Crippen molar-refractivity contribution in [3.63, 3.8) is 0 Å². The highest BCUT2D eigenvalue weighted by Crippen LogP contribution is 2.47. The Morgan fingerprint density at radius 1 is 0.880 bits per heavy atom. The van der Waals surface area contributed by atoms with Crippen molar-refractivity contribution in [3.05, 3.63) is 70.4 Å². The number of alkyl halides is 9. The second-order valence-corrected chi connectivity index (χ2v) is 13.0. The molecule has 5 rings (SSSR count). The fourth-order valence-electron chi connectivity index (χ4n) is 7.06. The number of amides is 2. The quantitative estimate of drug-likeness (QED) is 0.237. The third kappa shape index (κ3) is 8.92. The topological polar surface area (TPSA) is 71.7 Å². The van der Waals surface area contributed by atoms with Crippen LogP contribution >= 0.6 is 0 Å². The van der Waals surface area contributed by atoms with Crippen LogP contribution in [0.4, 0.5) is 39.5 Å². The number of carbonyl (C=O) groups excluding carboxylic acids is 2. The van der Waals surface area contributed by atoms with Gasteiger partial charge in [-0.3, -0.25) is 19.4 Å². The minimum absolute atomic E-state index is 0.0257. The summed E-state index contributed by atoms with van der Waals surface area (Å²) in [5, 5.41) is 3.43. The van der Waals surface area contributed by atoms with Gasteiger partial charge in [-0.05, 0) is 42.2 Å². The van der Waals surface area contributed by atoms with E-state index in [1.54, 1.807) is 30.5 Å². The number of aromatic amines is 1. The highest BCUT2D eigenvalue weighted by Gasteiger charge is 2.50. The number of rotatable bonds is 9. The third-order valence-corrected chi connectivity index (χ3v) is 9.49. The number of nitrogens with one attached hydrogen (secondary N) is 2. The molecule has 7 nitrogen and oxygen atoms in total. The number of hydrogen-bond acceptors (Lipinski definition) is 4. The summed E-state index contributed by atoms with van der Waals surface area (Å²) in [4.78, 5) is 35.4. The Bertz CT molecular complexity index is 1620. The van der Waals surface area contributed by atoms with Crippen molar-refractivity contribution in [2.75, 3.05) is 39.8 Å². The second kappa shape index (κ2) is 14.8. The molecule has 274 valence electrons. The summed E-state index contributed by atoms with van der Waals surface area (Å²) in [6.45, 7) is 1.88. The van der Waals surface area contributed by atoms with E-state index in [9.17, 15) is 49.1 Å². The molecule has 2 heterocycles. The predicted molar refractivity (Wildman–Crippen MR) is 167 cm³/mol. The number of fused-ring (bicyclic) bond motifs is 1. The third-order valence-electron chi connectivity index (χ3n) is 9.49. The maximum absolute atomic E-state index is 13.8. The number of hydrogen-bond donors (Lipinski definition) is 2. The molecule has 1 aliphatic heterocycles. The molecule has 2 N–H and O–H groups in total. The number of piperazine rings is 1. The van der Waals surface area contributed by atoms with Crippen LogP contribution in [0.1, 0.15) is 59.9 Å². The number of aromatic nitrogens is 1. The molecule has 1 saturated carbocycles. The first-order valence-corrected chi connectivity index (χ1v) is 16.4. The fraction of sp³-hybridized carbons (Fsp3) is 0.529. The molecule has 1 aliphatic carbocycles. The molecule has 50 heavy (non-hydrogen) atoms. The molecule has 2 aromatic carbocycles. The zero-order valence-corrected chi connectivity index (χ0v) is 27.2. The lowest BCUT2D eigenvalue weighted by molar-refractivity contribution is -0.174. The number of halogens is 9. The lowest BCUT2D eigenvalue weighted by atomic mass is 9.94. The second-order valence-electron chi connectivity index (χ2n) is 13.0. The summed E-state index contributed by atoms with van der Waals surface area (Å²) in [5.41, 5.74) is -7.35. The summed E-state index contributed by atoms with van der Waals surface area (Å²) in [6.07, 6.45) is -10.1. The fourth-order valence-corrected chi connectivity index (χ4v) is 7.06. The van der Waals surface area contributed by atoms with Gasteiger partial charge in [0.05, 0.1) is 23.2 Å². The van der Waals surface area contributed by atoms with Crippen LogP contribution in [0, 0.1) is 0 Å². The minimum atomic E-state index is -5.97. The summed E-state index contributed by atoms with van der Waals surface area (Å²) in [6, 6.07) is 6.28. The van der Waals surface area contributed by atoms with Crippen LogP contribution in [0.25, 0.3) is 10.9 Å². The number of H-pyrrole nitrogens is 1. The molecular formula is C34H38F9N5O2. The lowest BCUT2D eigenvalue weighted by Gasteiger charge is -2.40. The van der Waals surface area contributed by atoms with Crippen molar-refractivity contribution in [1.82, 2.24) is 25.0 Å². The van der Waals surface area contributed by atoms with Crippen LogP contribution in [0.15, 0.2) is 42.6 Å². The normalized spacial score (nSPS) is 18.0. The number of benzene rings is 2. The van der Waals surface area contributed by atoms with Crippen LogP contribution in [-0.2, 0) is 41.1 Å². The van der Waals surface area contributed by atoms with Crippen molar-refractivity contribution < 1.29 is 49.1 Å². The number of carbonyl (C=O) groups is 2. The average molecular weight is 720 g/mol. The molecule has 2 fully saturated rings. The molecular weight excluding hydrogens is 681 g/mol. The molecule has 0 radical (unpaired) electrons. The zero-order chi connectivity index (χ0) is 36.4. The van der Waals surface area contributed by atoms with E-state index in [-0.39, 0.29) is 25.1 Å². The highest BCUT2D eigenvalue weighted by molar-refractivity contribution is 5.90. The van der Waals surface area contributed by atoms with E-state index in [4.69, 9.17) is 0 Å². The summed E-state index contributed by atoms with van der Waals surface area (Å²) in [5.74, 6) is -1.36. The van der Waals surface area contributed by atoms with E-state index in [2.05, 4.69) is 15.2 Å². The maximum atomic E-state index is 13.8. The number of nitrogens with zero attached hydrogens (tertiary/aromatic N) is 3. The van der Waals surface area contributed by atoms with Gasteiger partial charge in [-0.1, -0.05) is 37.5 Å². The van der Waals surface area contributed by atoms with E-state index in [0.717, 1.165) is 48.8 Å². The van der Waals surface area contributed by atoms with Crippen molar-refractivity contribution in [2.24, 2.45) is 0 Å². The minimum Gasteiger partial charge on any atom is -0.361 e. The lowest BCUT2D eigenvalue weighted by Crippen LogP contribution is -2.55. The summed E-state index contributed by atoms with van der Waals surface area (Å²) >= 11 is 0. The first-order chi connectivity index (χ1) is 23.4. The molecule has 1 saturated heterocycles. The summed E-state index contributed by atoms with van der Waals surface area (Å²) < 4.78 is 123. The molecule has 2 aliphatic rings. The first kappa shape index (κ1) is 37.5. The van der Waals surface area contributed by atoms with E-state index < -0.39 is 65.2 Å². The molecule has 0 spiro atoms. The maximum Gasteiger partial charge on any atom is 0.417 e. The van der Waals surface area contributed by atoms with Crippen LogP contribution in [0.3, 0.4) is 0 Å². The van der Waals surface area contributed by atoms with Crippen molar-refractivity contribution >= 4 is 22.7 Å². The van der Waals surface area contributed by atoms with Gasteiger partial charge in [0.25, 0.3) is 0 Å². The standard InChI is InChI=1S/C34H38F9N5O2/c1-46(19-21-15-25(32(35,36)37)30(34(41,42)43)26(16-21)33(38,39)40)31(50)28(17-22-18-44-27-10-6-5-9-24(22)27)45-29(49)20-47-11-13-48(14-12-47)23-7-3-2-4-8-23/h5-6,9-10,15-16,18,23,28,44H,2-4,7-8,11-14,17,19-20H2,1H3,(H,45,49). The van der Waals surface area contributed by atoms with E-state index in [0.29, 0.717) is 24.7 Å². The Morgan fingerprint density at radius 2 is 1.48 bits per heavy atom. The van der Waals surface area contributed by atoms with E-state index in [1.807, 2.05) is 4.90 Å². The van der Waals surface area contributed by atoms with Gasteiger partial charge in [-0.15, -0.1) is 0 Å². The Hall–Kier alpha value is -3.79. The molecule has 16 heteroatoms. The first-order valence-electron chi connectivity index (χ1n) is 16.4. The van der Waals surface area contributed by atoms with Gasteiger partial charge in [0, 0.05) is 69.3 Å². The van der Waals surface area contributed by atoms with Gasteiger partial charge in [0.2, 0.25) is 11.8 Å². The SMILES string of the molecule is CN(Cc1cc(C(F)(F)F)c(C(F)(F)F)c(C(F)(F)F)c1)C(=O)C(Cc1c[nH]c2ccccc12)NC(=O)CN1CCN(C2CCCCC2)CC1. The average Bonchev–Trinajstić information content (AvgIpc) is 3.45. The van der Waals surface area contributed by atoms with E-state index in [1.165, 1.54) is 19.3 Å². The Morgan fingerprint density at radius 3 is 2.06 bits per heavy atom. The molecule has 2 amide bonds. The van der Waals surface area contributed by atoms with Gasteiger partial charge in [0.15, 0.2) is 0 Å². The van der Waals surface area contributed by atoms with Gasteiger partial charge in [-0.25, -0.2) is 0 Å².